The molecule has 1 rings (SSSR count). The SMILES string of the molecule is NC(=O)Nc1nc(O)cc(O)n1. The number of nitrogens with zero attached hydrogens (tertiary/aromatic N) is 2. The van der Waals surface area contributed by atoms with Crippen LogP contribution in [0.5, 0.6) is 11.8 Å². The molecule has 0 fully saturated rings. The van der Waals surface area contributed by atoms with E-state index in [2.05, 4.69) is 9.97 Å². The first-order valence-corrected chi connectivity index (χ1v) is 2.91. The third-order valence-corrected chi connectivity index (χ3v) is 0.934. The summed E-state index contributed by atoms with van der Waals surface area (Å²) < 4.78 is 0. The van der Waals surface area contributed by atoms with E-state index in [1.165, 1.54) is 0 Å². The number of hydrogen-bond acceptors (Lipinski definition) is 5. The Balaban J connectivity index is 2.93. The van der Waals surface area contributed by atoms with Crippen LogP contribution in [0.1, 0.15) is 0 Å². The van der Waals surface area contributed by atoms with Gasteiger partial charge in [-0.05, 0) is 0 Å². The van der Waals surface area contributed by atoms with Gasteiger partial charge in [-0.3, -0.25) is 5.32 Å². The standard InChI is InChI=1S/C5H6N4O3/c6-4(12)9-5-7-2(10)1-3(11)8-5/h1H,(H5,6,7,8,9,10,11,12). The number of nitrogens with two attached hydrogens (primary N) is 1. The highest BCUT2D eigenvalue weighted by Crippen LogP contribution is 2.14. The molecule has 2 amide bonds. The molecule has 0 aliphatic heterocycles. The number of amides is 2. The van der Waals surface area contributed by atoms with Crippen molar-refractivity contribution in [1.29, 1.82) is 0 Å². The van der Waals surface area contributed by atoms with Crippen molar-refractivity contribution in [2.45, 2.75) is 0 Å². The number of rotatable bonds is 1. The van der Waals surface area contributed by atoms with Gasteiger partial charge in [-0.15, -0.1) is 0 Å². The van der Waals surface area contributed by atoms with Crippen LogP contribution in [-0.2, 0) is 0 Å². The molecule has 0 bridgehead atoms. The van der Waals surface area contributed by atoms with Crippen molar-refractivity contribution >= 4 is 12.0 Å². The molecule has 7 heteroatoms. The molecule has 0 spiro atoms. The Bertz CT molecular complexity index is 293. The number of primary amides is 1. The lowest BCUT2D eigenvalue weighted by Gasteiger charge is -1.99. The number of carbonyl (C=O) groups is 1. The average Bonchev–Trinajstić information content (AvgIpc) is 1.81. The highest BCUT2D eigenvalue weighted by molar-refractivity contribution is 5.85. The molecule has 1 aromatic heterocycles. The van der Waals surface area contributed by atoms with Gasteiger partial charge in [0, 0.05) is 0 Å². The summed E-state index contributed by atoms with van der Waals surface area (Å²) in [7, 11) is 0. The van der Waals surface area contributed by atoms with Gasteiger partial charge in [-0.1, -0.05) is 0 Å². The van der Waals surface area contributed by atoms with Gasteiger partial charge < -0.3 is 15.9 Å². The monoisotopic (exact) mass is 170 g/mol. The smallest absolute Gasteiger partial charge is 0.319 e. The summed E-state index contributed by atoms with van der Waals surface area (Å²) in [5, 5.41) is 19.6. The predicted molar refractivity (Wildman–Crippen MR) is 38.6 cm³/mol. The predicted octanol–water partition coefficient (Wildman–Crippen LogP) is -0.622. The summed E-state index contributed by atoms with van der Waals surface area (Å²) >= 11 is 0. The molecule has 0 unspecified atom stereocenters. The Kier molecular flexibility index (Phi) is 1.95. The average molecular weight is 170 g/mol. The second-order valence-electron chi connectivity index (χ2n) is 1.90. The van der Waals surface area contributed by atoms with Crippen LogP contribution in [0.2, 0.25) is 0 Å². The van der Waals surface area contributed by atoms with E-state index in [1.807, 2.05) is 5.32 Å². The van der Waals surface area contributed by atoms with E-state index in [4.69, 9.17) is 15.9 Å². The Morgan fingerprint density at radius 2 is 1.92 bits per heavy atom. The molecule has 64 valence electrons. The van der Waals surface area contributed by atoms with Gasteiger partial charge in [0.25, 0.3) is 0 Å². The fourth-order valence-electron chi connectivity index (χ4n) is 0.588. The first kappa shape index (κ1) is 8.05. The number of aromatic hydroxyl groups is 2. The van der Waals surface area contributed by atoms with Crippen molar-refractivity contribution in [3.05, 3.63) is 6.07 Å². The highest BCUT2D eigenvalue weighted by Gasteiger charge is 2.03. The molecule has 1 aromatic rings. The zero-order valence-corrected chi connectivity index (χ0v) is 5.85. The second-order valence-corrected chi connectivity index (χ2v) is 1.90. The Morgan fingerprint density at radius 1 is 1.42 bits per heavy atom. The first-order valence-electron chi connectivity index (χ1n) is 2.91. The molecule has 1 heterocycles. The quantitative estimate of drug-likeness (QED) is 0.447. The van der Waals surface area contributed by atoms with Gasteiger partial charge in [0.2, 0.25) is 17.7 Å². The number of hydrogen-bond donors (Lipinski definition) is 4. The van der Waals surface area contributed by atoms with Crippen molar-refractivity contribution in [3.63, 3.8) is 0 Å². The first-order chi connectivity index (χ1) is 5.58. The van der Waals surface area contributed by atoms with Crippen molar-refractivity contribution in [2.75, 3.05) is 5.32 Å². The molecule has 0 aliphatic carbocycles. The van der Waals surface area contributed by atoms with Gasteiger partial charge in [0.05, 0.1) is 6.07 Å². The molecule has 0 saturated carbocycles. The lowest BCUT2D eigenvalue weighted by Crippen LogP contribution is -2.20. The minimum absolute atomic E-state index is 0.250. The molecule has 0 saturated heterocycles. The van der Waals surface area contributed by atoms with Gasteiger partial charge in [-0.25, -0.2) is 4.79 Å². The normalized spacial score (nSPS) is 9.33. The van der Waals surface area contributed by atoms with E-state index in [0.717, 1.165) is 6.07 Å². The van der Waals surface area contributed by atoms with E-state index in [0.29, 0.717) is 0 Å². The molecule has 7 nitrogen and oxygen atoms in total. The summed E-state index contributed by atoms with van der Waals surface area (Å²) in [5.41, 5.74) is 4.73. The van der Waals surface area contributed by atoms with E-state index in [-0.39, 0.29) is 5.95 Å². The molecule has 0 aromatic carbocycles. The summed E-state index contributed by atoms with van der Waals surface area (Å²) in [6, 6.07) is 0.0478. The van der Waals surface area contributed by atoms with Crippen LogP contribution in [0.25, 0.3) is 0 Å². The van der Waals surface area contributed by atoms with Gasteiger partial charge in [-0.2, -0.15) is 9.97 Å². The van der Waals surface area contributed by atoms with E-state index in [1.54, 1.807) is 0 Å². The lowest BCUT2D eigenvalue weighted by atomic mass is 10.6. The Labute approximate surface area is 66.9 Å². The molecule has 0 aliphatic rings. The molecule has 5 N–H and O–H groups in total. The van der Waals surface area contributed by atoms with Crippen molar-refractivity contribution in [3.8, 4) is 11.8 Å². The number of urea groups is 1. The summed E-state index contributed by atoms with van der Waals surface area (Å²) in [5.74, 6) is -1.16. The minimum Gasteiger partial charge on any atom is -0.493 e. The molecule has 0 radical (unpaired) electrons. The van der Waals surface area contributed by atoms with E-state index >= 15 is 0 Å². The van der Waals surface area contributed by atoms with Crippen LogP contribution in [0.3, 0.4) is 0 Å². The molecular formula is C5H6N4O3. The lowest BCUT2D eigenvalue weighted by molar-refractivity contribution is 0.259. The van der Waals surface area contributed by atoms with Crippen molar-refractivity contribution in [1.82, 2.24) is 9.97 Å². The van der Waals surface area contributed by atoms with E-state index in [9.17, 15) is 4.79 Å². The van der Waals surface area contributed by atoms with Crippen LogP contribution >= 0.6 is 0 Å². The number of anilines is 1. The third kappa shape index (κ3) is 1.97. The third-order valence-electron chi connectivity index (χ3n) is 0.934. The molecular weight excluding hydrogens is 164 g/mol. The van der Waals surface area contributed by atoms with Crippen LogP contribution in [0.4, 0.5) is 10.7 Å². The Hall–Kier alpha value is -2.05. The van der Waals surface area contributed by atoms with Crippen molar-refractivity contribution < 1.29 is 15.0 Å². The highest BCUT2D eigenvalue weighted by atomic mass is 16.3. The number of carbonyl (C=O) groups excluding carboxylic acids is 1. The van der Waals surface area contributed by atoms with Gasteiger partial charge in [0.1, 0.15) is 0 Å². The van der Waals surface area contributed by atoms with Crippen LogP contribution in [0.15, 0.2) is 6.07 Å². The van der Waals surface area contributed by atoms with Crippen molar-refractivity contribution in [2.24, 2.45) is 5.73 Å². The fourth-order valence-corrected chi connectivity index (χ4v) is 0.588. The zero-order valence-electron chi connectivity index (χ0n) is 5.85. The molecule has 12 heavy (non-hydrogen) atoms. The fraction of sp³-hybridized carbons (Fsp3) is 0. The van der Waals surface area contributed by atoms with Crippen LogP contribution in [-0.4, -0.2) is 26.2 Å². The number of nitrogens with one attached hydrogen (secondary N) is 1. The topological polar surface area (TPSA) is 121 Å². The maximum atomic E-state index is 10.3. The summed E-state index contributed by atoms with van der Waals surface area (Å²) in [6.07, 6.45) is 0. The maximum Gasteiger partial charge on any atom is 0.319 e. The maximum absolute atomic E-state index is 10.3. The molecule has 0 atom stereocenters. The minimum atomic E-state index is -0.875. The largest absolute Gasteiger partial charge is 0.493 e. The summed E-state index contributed by atoms with van der Waals surface area (Å²) in [6.45, 7) is 0. The van der Waals surface area contributed by atoms with Crippen LogP contribution < -0.4 is 11.1 Å². The summed E-state index contributed by atoms with van der Waals surface area (Å²) in [4.78, 5) is 17.0. The second kappa shape index (κ2) is 2.91. The van der Waals surface area contributed by atoms with Crippen LogP contribution in [0, 0.1) is 0 Å². The Morgan fingerprint density at radius 3 is 2.33 bits per heavy atom. The number of aromatic nitrogens is 2. The van der Waals surface area contributed by atoms with E-state index < -0.39 is 17.8 Å². The zero-order chi connectivity index (χ0) is 9.14. The van der Waals surface area contributed by atoms with Gasteiger partial charge in [0.15, 0.2) is 0 Å². The van der Waals surface area contributed by atoms with Gasteiger partial charge >= 0.3 is 6.03 Å².